The number of aldehydes is 1. The highest BCUT2D eigenvalue weighted by Crippen LogP contribution is 2.26. The summed E-state index contributed by atoms with van der Waals surface area (Å²) >= 11 is 0. The summed E-state index contributed by atoms with van der Waals surface area (Å²) in [4.78, 5) is 36.7. The predicted molar refractivity (Wildman–Crippen MR) is 85.9 cm³/mol. The summed E-state index contributed by atoms with van der Waals surface area (Å²) in [5, 5.41) is 11.6. The maximum Gasteiger partial charge on any atom is 0.303 e. The highest BCUT2D eigenvalue weighted by Gasteiger charge is 2.22. The number of carboxylic acid groups (broad SMARTS) is 1. The first kappa shape index (κ1) is 16.5. The third-order valence-corrected chi connectivity index (χ3v) is 3.95. The summed E-state index contributed by atoms with van der Waals surface area (Å²) in [6.45, 7) is 7.25. The summed E-state index contributed by atoms with van der Waals surface area (Å²) in [5.41, 5.74) is 4.45. The number of H-pyrrole nitrogens is 1. The van der Waals surface area contributed by atoms with E-state index in [-0.39, 0.29) is 18.7 Å². The molecule has 0 aromatic carbocycles. The van der Waals surface area contributed by atoms with Crippen LogP contribution in [0.4, 0.5) is 0 Å². The van der Waals surface area contributed by atoms with E-state index in [1.165, 1.54) is 6.08 Å². The molecule has 1 aromatic heterocycles. The molecule has 2 heterocycles. The number of carbonyl (C=O) groups is 3. The van der Waals surface area contributed by atoms with Crippen LogP contribution in [0.25, 0.3) is 6.08 Å². The Morgan fingerprint density at radius 2 is 2.00 bits per heavy atom. The minimum absolute atomic E-state index is 0.0498. The summed E-state index contributed by atoms with van der Waals surface area (Å²) in [6, 6.07) is 0. The van der Waals surface area contributed by atoms with Gasteiger partial charge in [-0.2, -0.15) is 0 Å². The molecule has 23 heavy (non-hydrogen) atoms. The molecular formula is C17H18N2O4. The van der Waals surface area contributed by atoms with Crippen LogP contribution >= 0.6 is 0 Å². The van der Waals surface area contributed by atoms with Gasteiger partial charge >= 0.3 is 5.97 Å². The van der Waals surface area contributed by atoms with Crippen molar-refractivity contribution < 1.29 is 19.5 Å². The van der Waals surface area contributed by atoms with E-state index in [4.69, 9.17) is 5.11 Å². The van der Waals surface area contributed by atoms with Crippen LogP contribution in [-0.4, -0.2) is 28.3 Å². The molecule has 0 spiro atoms. The van der Waals surface area contributed by atoms with Crippen LogP contribution in [-0.2, 0) is 16.0 Å². The maximum absolute atomic E-state index is 11.8. The van der Waals surface area contributed by atoms with E-state index >= 15 is 0 Å². The second-order valence-corrected chi connectivity index (χ2v) is 5.32. The highest BCUT2D eigenvalue weighted by atomic mass is 16.4. The lowest BCUT2D eigenvalue weighted by Crippen LogP contribution is -2.15. The van der Waals surface area contributed by atoms with Crippen LogP contribution in [0.1, 0.15) is 40.7 Å². The fourth-order valence-corrected chi connectivity index (χ4v) is 2.61. The van der Waals surface area contributed by atoms with Crippen molar-refractivity contribution in [2.75, 3.05) is 0 Å². The zero-order valence-corrected chi connectivity index (χ0v) is 13.0. The number of hydrogen-bond donors (Lipinski definition) is 3. The monoisotopic (exact) mass is 314 g/mol. The molecule has 2 rings (SSSR count). The SMILES string of the molecule is C=CC1=C(C)/C(=C\c2[nH]c(C=O)c(CCC(=O)O)c2C)NC1=O. The van der Waals surface area contributed by atoms with Gasteiger partial charge in [-0.05, 0) is 43.0 Å². The quantitative estimate of drug-likeness (QED) is 0.700. The molecule has 0 radical (unpaired) electrons. The van der Waals surface area contributed by atoms with Gasteiger partial charge in [-0.15, -0.1) is 0 Å². The number of rotatable bonds is 6. The first-order valence-corrected chi connectivity index (χ1v) is 7.14. The smallest absolute Gasteiger partial charge is 0.303 e. The first-order valence-electron chi connectivity index (χ1n) is 7.14. The van der Waals surface area contributed by atoms with Crippen molar-refractivity contribution >= 4 is 24.2 Å². The van der Waals surface area contributed by atoms with Crippen LogP contribution in [0, 0.1) is 6.92 Å². The molecule has 3 N–H and O–H groups in total. The molecule has 1 aliphatic heterocycles. The average molecular weight is 314 g/mol. The molecule has 1 amide bonds. The van der Waals surface area contributed by atoms with Gasteiger partial charge in [-0.3, -0.25) is 14.4 Å². The van der Waals surface area contributed by atoms with Gasteiger partial charge in [0, 0.05) is 23.4 Å². The molecule has 0 bridgehead atoms. The van der Waals surface area contributed by atoms with Crippen LogP contribution < -0.4 is 5.32 Å². The van der Waals surface area contributed by atoms with Crippen LogP contribution in [0.5, 0.6) is 0 Å². The zero-order valence-electron chi connectivity index (χ0n) is 13.0. The average Bonchev–Trinajstić information content (AvgIpc) is 2.94. The van der Waals surface area contributed by atoms with Crippen molar-refractivity contribution in [1.82, 2.24) is 10.3 Å². The Morgan fingerprint density at radius 1 is 1.30 bits per heavy atom. The number of hydrogen-bond acceptors (Lipinski definition) is 3. The van der Waals surface area contributed by atoms with Gasteiger partial charge in [0.2, 0.25) is 0 Å². The topological polar surface area (TPSA) is 99.3 Å². The number of aromatic nitrogens is 1. The molecule has 0 unspecified atom stereocenters. The third kappa shape index (κ3) is 3.15. The van der Waals surface area contributed by atoms with Crippen molar-refractivity contribution in [1.29, 1.82) is 0 Å². The number of carboxylic acids is 1. The van der Waals surface area contributed by atoms with E-state index in [2.05, 4.69) is 16.9 Å². The molecule has 6 nitrogen and oxygen atoms in total. The van der Waals surface area contributed by atoms with E-state index < -0.39 is 5.97 Å². The maximum atomic E-state index is 11.8. The lowest BCUT2D eigenvalue weighted by molar-refractivity contribution is -0.137. The number of aliphatic carboxylic acids is 1. The second kappa shape index (κ2) is 6.48. The van der Waals surface area contributed by atoms with E-state index in [0.717, 1.165) is 11.1 Å². The van der Waals surface area contributed by atoms with Gasteiger partial charge in [-0.25, -0.2) is 0 Å². The number of nitrogens with one attached hydrogen (secondary N) is 2. The summed E-state index contributed by atoms with van der Waals surface area (Å²) in [6.07, 6.45) is 4.15. The number of carbonyl (C=O) groups excluding carboxylic acids is 2. The minimum Gasteiger partial charge on any atom is -0.481 e. The Labute approximate surface area is 133 Å². The number of amides is 1. The largest absolute Gasteiger partial charge is 0.481 e. The molecule has 0 fully saturated rings. The van der Waals surface area contributed by atoms with Gasteiger partial charge in [0.15, 0.2) is 6.29 Å². The van der Waals surface area contributed by atoms with Crippen LogP contribution in [0.2, 0.25) is 0 Å². The first-order chi connectivity index (χ1) is 10.9. The van der Waals surface area contributed by atoms with Crippen molar-refractivity contribution in [3.63, 3.8) is 0 Å². The Hall–Kier alpha value is -2.89. The molecule has 0 aliphatic carbocycles. The van der Waals surface area contributed by atoms with Crippen LogP contribution in [0.3, 0.4) is 0 Å². The molecule has 6 heteroatoms. The van der Waals surface area contributed by atoms with Crippen LogP contribution in [0.15, 0.2) is 29.5 Å². The standard InChI is InChI=1S/C17H18N2O4/c1-4-11-9(2)14(19-17(11)23)7-13-10(3)12(5-6-16(21)22)15(8-20)18-13/h4,7-8,18H,1,5-6H2,2-3H3,(H,19,23)(H,21,22)/b14-7+. The highest BCUT2D eigenvalue weighted by molar-refractivity contribution is 6.03. The summed E-state index contributed by atoms with van der Waals surface area (Å²) in [7, 11) is 0. The molecular weight excluding hydrogens is 296 g/mol. The lowest BCUT2D eigenvalue weighted by Gasteiger charge is -2.01. The van der Waals surface area contributed by atoms with Gasteiger partial charge < -0.3 is 15.4 Å². The lowest BCUT2D eigenvalue weighted by atomic mass is 10.0. The molecule has 0 saturated carbocycles. The summed E-state index contributed by atoms with van der Waals surface area (Å²) < 4.78 is 0. The molecule has 1 aromatic rings. The molecule has 0 saturated heterocycles. The molecule has 1 aliphatic rings. The van der Waals surface area contributed by atoms with Crippen molar-refractivity contribution in [2.24, 2.45) is 0 Å². The minimum atomic E-state index is -0.917. The van der Waals surface area contributed by atoms with Gasteiger partial charge in [0.25, 0.3) is 5.91 Å². The predicted octanol–water partition coefficient (Wildman–Crippen LogP) is 2.13. The molecule has 0 atom stereocenters. The van der Waals surface area contributed by atoms with Crippen molar-refractivity contribution in [3.8, 4) is 0 Å². The van der Waals surface area contributed by atoms with Crippen molar-refractivity contribution in [3.05, 3.63) is 52.0 Å². The number of allylic oxidation sites excluding steroid dienone is 1. The second-order valence-electron chi connectivity index (χ2n) is 5.32. The zero-order chi connectivity index (χ0) is 17.1. The Balaban J connectivity index is 2.42. The van der Waals surface area contributed by atoms with E-state index in [0.29, 0.717) is 34.5 Å². The fraction of sp³-hybridized carbons (Fsp3) is 0.235. The van der Waals surface area contributed by atoms with E-state index in [1.54, 1.807) is 6.08 Å². The van der Waals surface area contributed by atoms with Crippen molar-refractivity contribution in [2.45, 2.75) is 26.7 Å². The Bertz CT molecular complexity index is 766. The fourth-order valence-electron chi connectivity index (χ4n) is 2.61. The van der Waals surface area contributed by atoms with Gasteiger partial charge in [0.05, 0.1) is 5.69 Å². The van der Waals surface area contributed by atoms with E-state index in [1.807, 2.05) is 13.8 Å². The Morgan fingerprint density at radius 3 is 2.52 bits per heavy atom. The van der Waals surface area contributed by atoms with Gasteiger partial charge in [-0.1, -0.05) is 12.7 Å². The Kier molecular flexibility index (Phi) is 4.64. The van der Waals surface area contributed by atoms with Gasteiger partial charge in [0.1, 0.15) is 0 Å². The van der Waals surface area contributed by atoms with E-state index in [9.17, 15) is 14.4 Å². The normalized spacial score (nSPS) is 15.9. The molecule has 120 valence electrons. The summed E-state index contributed by atoms with van der Waals surface area (Å²) in [5.74, 6) is -1.13. The third-order valence-electron chi connectivity index (χ3n) is 3.95. The number of aromatic amines is 1.